The molecule has 1 aliphatic heterocycles. The van der Waals surface area contributed by atoms with Crippen LogP contribution in [0.25, 0.3) is 11.3 Å². The van der Waals surface area contributed by atoms with Crippen LogP contribution in [0.3, 0.4) is 0 Å². The van der Waals surface area contributed by atoms with Crippen molar-refractivity contribution in [1.29, 1.82) is 0 Å². The van der Waals surface area contributed by atoms with Gasteiger partial charge in [0.1, 0.15) is 5.82 Å². The predicted octanol–water partition coefficient (Wildman–Crippen LogP) is 3.94. The van der Waals surface area contributed by atoms with Crippen LogP contribution in [-0.2, 0) is 4.79 Å². The van der Waals surface area contributed by atoms with Gasteiger partial charge in [-0.05, 0) is 69.6 Å². The van der Waals surface area contributed by atoms with E-state index in [1.807, 2.05) is 30.9 Å². The summed E-state index contributed by atoms with van der Waals surface area (Å²) in [6.45, 7) is 7.85. The summed E-state index contributed by atoms with van der Waals surface area (Å²) >= 11 is 0. The number of benzene rings is 1. The Kier molecular flexibility index (Phi) is 6.56. The molecule has 5 heteroatoms. The van der Waals surface area contributed by atoms with Gasteiger partial charge in [0.2, 0.25) is 5.91 Å². The summed E-state index contributed by atoms with van der Waals surface area (Å²) in [6, 6.07) is 12.5. The van der Waals surface area contributed by atoms with Gasteiger partial charge in [-0.2, -0.15) is 0 Å². The number of halogens is 1. The Hall–Kier alpha value is -2.27. The molecule has 0 bridgehead atoms. The van der Waals surface area contributed by atoms with Gasteiger partial charge in [-0.15, -0.1) is 0 Å². The van der Waals surface area contributed by atoms with Crippen molar-refractivity contribution in [2.24, 2.45) is 0 Å². The maximum Gasteiger partial charge on any atom is 0.236 e. The molecule has 0 radical (unpaired) electrons. The SMILES string of the molecule is CCN(CC)C(=O)CN1CCCC(c2cccc(-c3ccc(F)cc3)n2)C1. The standard InChI is InChI=1S/C22H28FN3O/c1-3-26(4-2)22(27)16-25-14-6-7-18(15-25)21-9-5-8-20(24-21)17-10-12-19(23)13-11-17/h5,8-13,18H,3-4,6-7,14-16H2,1-2H3. The third-order valence-corrected chi connectivity index (χ3v) is 5.31. The summed E-state index contributed by atoms with van der Waals surface area (Å²) < 4.78 is 13.2. The second kappa shape index (κ2) is 9.09. The average molecular weight is 369 g/mol. The van der Waals surface area contributed by atoms with E-state index >= 15 is 0 Å². The number of rotatable bonds is 6. The van der Waals surface area contributed by atoms with E-state index in [4.69, 9.17) is 4.98 Å². The fourth-order valence-electron chi connectivity index (χ4n) is 3.77. The van der Waals surface area contributed by atoms with E-state index in [0.29, 0.717) is 12.5 Å². The Morgan fingerprint density at radius 2 is 1.93 bits per heavy atom. The van der Waals surface area contributed by atoms with E-state index in [0.717, 1.165) is 56.0 Å². The minimum atomic E-state index is -0.240. The van der Waals surface area contributed by atoms with Gasteiger partial charge in [-0.3, -0.25) is 14.7 Å². The fourth-order valence-corrected chi connectivity index (χ4v) is 3.77. The number of amides is 1. The lowest BCUT2D eigenvalue weighted by Gasteiger charge is -2.33. The Balaban J connectivity index is 1.70. The van der Waals surface area contributed by atoms with Crippen molar-refractivity contribution in [1.82, 2.24) is 14.8 Å². The Morgan fingerprint density at radius 1 is 1.19 bits per heavy atom. The van der Waals surface area contributed by atoms with Crippen LogP contribution in [0.15, 0.2) is 42.5 Å². The molecule has 2 aromatic rings. The van der Waals surface area contributed by atoms with Crippen molar-refractivity contribution in [2.45, 2.75) is 32.6 Å². The van der Waals surface area contributed by atoms with Gasteiger partial charge >= 0.3 is 0 Å². The minimum Gasteiger partial charge on any atom is -0.342 e. The maximum atomic E-state index is 13.2. The molecule has 1 aromatic carbocycles. The molecule has 0 N–H and O–H groups in total. The molecule has 3 rings (SSSR count). The first-order chi connectivity index (χ1) is 13.1. The van der Waals surface area contributed by atoms with E-state index in [1.165, 1.54) is 12.1 Å². The highest BCUT2D eigenvalue weighted by Crippen LogP contribution is 2.27. The lowest BCUT2D eigenvalue weighted by Crippen LogP contribution is -2.43. The molecule has 27 heavy (non-hydrogen) atoms. The maximum absolute atomic E-state index is 13.2. The number of likely N-dealkylation sites (N-methyl/N-ethyl adjacent to an activating group) is 1. The van der Waals surface area contributed by atoms with Crippen LogP contribution in [0.5, 0.6) is 0 Å². The molecule has 1 aliphatic rings. The first-order valence-corrected chi connectivity index (χ1v) is 9.83. The summed E-state index contributed by atoms with van der Waals surface area (Å²) in [5.41, 5.74) is 2.84. The van der Waals surface area contributed by atoms with Crippen molar-refractivity contribution < 1.29 is 9.18 Å². The third-order valence-electron chi connectivity index (χ3n) is 5.31. The molecular formula is C22H28FN3O. The molecule has 1 aromatic heterocycles. The second-order valence-corrected chi connectivity index (χ2v) is 7.09. The largest absolute Gasteiger partial charge is 0.342 e. The van der Waals surface area contributed by atoms with Gasteiger partial charge in [-0.1, -0.05) is 6.07 Å². The molecule has 1 saturated heterocycles. The molecule has 0 spiro atoms. The monoisotopic (exact) mass is 369 g/mol. The summed E-state index contributed by atoms with van der Waals surface area (Å²) in [5, 5.41) is 0. The normalized spacial score (nSPS) is 17.7. The summed E-state index contributed by atoms with van der Waals surface area (Å²) in [4.78, 5) is 21.4. The third kappa shape index (κ3) is 4.92. The van der Waals surface area contributed by atoms with E-state index in [9.17, 15) is 9.18 Å². The van der Waals surface area contributed by atoms with Gasteiger partial charge in [0.15, 0.2) is 0 Å². The van der Waals surface area contributed by atoms with Crippen molar-refractivity contribution in [3.8, 4) is 11.3 Å². The quantitative estimate of drug-likeness (QED) is 0.774. The number of likely N-dealkylation sites (tertiary alicyclic amines) is 1. The molecule has 0 saturated carbocycles. The lowest BCUT2D eigenvalue weighted by atomic mass is 9.93. The molecule has 1 atom stereocenters. The van der Waals surface area contributed by atoms with Crippen LogP contribution in [0.4, 0.5) is 4.39 Å². The zero-order chi connectivity index (χ0) is 19.2. The number of carbonyl (C=O) groups excluding carboxylic acids is 1. The Labute approximate surface area is 161 Å². The first kappa shape index (κ1) is 19.5. The van der Waals surface area contributed by atoms with Gasteiger partial charge in [-0.25, -0.2) is 4.39 Å². The van der Waals surface area contributed by atoms with Crippen molar-refractivity contribution in [3.05, 3.63) is 54.0 Å². The lowest BCUT2D eigenvalue weighted by molar-refractivity contribution is -0.132. The average Bonchev–Trinajstić information content (AvgIpc) is 2.70. The fraction of sp³-hybridized carbons (Fsp3) is 0.455. The number of hydrogen-bond donors (Lipinski definition) is 0. The highest BCUT2D eigenvalue weighted by molar-refractivity contribution is 5.78. The van der Waals surface area contributed by atoms with E-state index < -0.39 is 0 Å². The summed E-state index contributed by atoms with van der Waals surface area (Å²) in [6.07, 6.45) is 2.15. The van der Waals surface area contributed by atoms with E-state index in [1.54, 1.807) is 12.1 Å². The molecule has 2 heterocycles. The number of hydrogen-bond acceptors (Lipinski definition) is 3. The molecule has 1 fully saturated rings. The van der Waals surface area contributed by atoms with Crippen LogP contribution in [0, 0.1) is 5.82 Å². The topological polar surface area (TPSA) is 36.4 Å². The van der Waals surface area contributed by atoms with Crippen LogP contribution in [0.2, 0.25) is 0 Å². The smallest absolute Gasteiger partial charge is 0.236 e. The zero-order valence-corrected chi connectivity index (χ0v) is 16.2. The number of aromatic nitrogens is 1. The van der Waals surface area contributed by atoms with Crippen LogP contribution >= 0.6 is 0 Å². The van der Waals surface area contributed by atoms with Gasteiger partial charge in [0.25, 0.3) is 0 Å². The van der Waals surface area contributed by atoms with Gasteiger partial charge in [0, 0.05) is 36.8 Å². The minimum absolute atomic E-state index is 0.202. The molecular weight excluding hydrogens is 341 g/mol. The summed E-state index contributed by atoms with van der Waals surface area (Å²) in [7, 11) is 0. The van der Waals surface area contributed by atoms with E-state index in [-0.39, 0.29) is 11.7 Å². The van der Waals surface area contributed by atoms with E-state index in [2.05, 4.69) is 11.0 Å². The van der Waals surface area contributed by atoms with Gasteiger partial charge < -0.3 is 4.90 Å². The van der Waals surface area contributed by atoms with Gasteiger partial charge in [0.05, 0.1) is 12.2 Å². The second-order valence-electron chi connectivity index (χ2n) is 7.09. The number of nitrogens with zero attached hydrogens (tertiary/aromatic N) is 3. The number of carbonyl (C=O) groups is 1. The molecule has 1 amide bonds. The van der Waals surface area contributed by atoms with Crippen LogP contribution in [-0.4, -0.2) is 53.4 Å². The number of piperidine rings is 1. The van der Waals surface area contributed by atoms with Crippen molar-refractivity contribution in [3.63, 3.8) is 0 Å². The van der Waals surface area contributed by atoms with Crippen LogP contribution < -0.4 is 0 Å². The predicted molar refractivity (Wildman–Crippen MR) is 106 cm³/mol. The Morgan fingerprint density at radius 3 is 2.63 bits per heavy atom. The molecule has 1 unspecified atom stereocenters. The zero-order valence-electron chi connectivity index (χ0n) is 16.2. The number of pyridine rings is 1. The molecule has 4 nitrogen and oxygen atoms in total. The highest BCUT2D eigenvalue weighted by Gasteiger charge is 2.25. The van der Waals surface area contributed by atoms with Crippen molar-refractivity contribution in [2.75, 3.05) is 32.7 Å². The first-order valence-electron chi connectivity index (χ1n) is 9.83. The van der Waals surface area contributed by atoms with Crippen LogP contribution in [0.1, 0.15) is 38.3 Å². The Bertz CT molecular complexity index is 758. The summed E-state index contributed by atoms with van der Waals surface area (Å²) in [5.74, 6) is 0.285. The van der Waals surface area contributed by atoms with Crippen molar-refractivity contribution >= 4 is 5.91 Å². The molecule has 0 aliphatic carbocycles. The molecule has 144 valence electrons. The highest BCUT2D eigenvalue weighted by atomic mass is 19.1.